The Labute approximate surface area is 101 Å². The first-order valence-corrected chi connectivity index (χ1v) is 5.92. The Morgan fingerprint density at radius 2 is 2.12 bits per heavy atom. The SMILES string of the molecule is CCc1cccc2c(C(=O)O)cn(C(C)C)c12. The van der Waals surface area contributed by atoms with Crippen molar-refractivity contribution in [1.82, 2.24) is 4.57 Å². The summed E-state index contributed by atoms with van der Waals surface area (Å²) in [7, 11) is 0. The summed E-state index contributed by atoms with van der Waals surface area (Å²) < 4.78 is 2.05. The molecule has 0 aliphatic carbocycles. The molecule has 0 saturated heterocycles. The highest BCUT2D eigenvalue weighted by Crippen LogP contribution is 2.28. The molecule has 3 heteroatoms. The maximum atomic E-state index is 11.2. The lowest BCUT2D eigenvalue weighted by atomic mass is 10.1. The lowest BCUT2D eigenvalue weighted by molar-refractivity contribution is 0.0699. The number of carboxylic acids is 1. The highest BCUT2D eigenvalue weighted by molar-refractivity contribution is 6.04. The van der Waals surface area contributed by atoms with Crippen LogP contribution in [0.2, 0.25) is 0 Å². The number of nitrogens with zero attached hydrogens (tertiary/aromatic N) is 1. The highest BCUT2D eigenvalue weighted by Gasteiger charge is 2.17. The number of hydrogen-bond acceptors (Lipinski definition) is 1. The van der Waals surface area contributed by atoms with Crippen molar-refractivity contribution in [3.8, 4) is 0 Å². The van der Waals surface area contributed by atoms with Crippen LogP contribution in [0.4, 0.5) is 0 Å². The van der Waals surface area contributed by atoms with Gasteiger partial charge in [0.15, 0.2) is 0 Å². The molecule has 0 aliphatic heterocycles. The van der Waals surface area contributed by atoms with E-state index in [4.69, 9.17) is 0 Å². The first kappa shape index (κ1) is 11.7. The lowest BCUT2D eigenvalue weighted by Crippen LogP contribution is -2.00. The van der Waals surface area contributed by atoms with Crippen LogP contribution in [0, 0.1) is 0 Å². The summed E-state index contributed by atoms with van der Waals surface area (Å²) >= 11 is 0. The average molecular weight is 231 g/mol. The van der Waals surface area contributed by atoms with E-state index in [1.165, 1.54) is 5.56 Å². The van der Waals surface area contributed by atoms with Gasteiger partial charge in [0.25, 0.3) is 0 Å². The van der Waals surface area contributed by atoms with E-state index in [1.54, 1.807) is 6.20 Å². The molecule has 90 valence electrons. The van der Waals surface area contributed by atoms with Crippen LogP contribution in [0.25, 0.3) is 10.9 Å². The second-order valence-electron chi connectivity index (χ2n) is 4.52. The van der Waals surface area contributed by atoms with Crippen LogP contribution < -0.4 is 0 Å². The molecule has 3 nitrogen and oxygen atoms in total. The molecule has 2 rings (SSSR count). The fourth-order valence-electron chi connectivity index (χ4n) is 2.25. The van der Waals surface area contributed by atoms with Gasteiger partial charge in [0.2, 0.25) is 0 Å². The lowest BCUT2D eigenvalue weighted by Gasteiger charge is -2.11. The van der Waals surface area contributed by atoms with Crippen molar-refractivity contribution in [3.05, 3.63) is 35.5 Å². The third-order valence-electron chi connectivity index (χ3n) is 3.10. The molecule has 17 heavy (non-hydrogen) atoms. The Hall–Kier alpha value is -1.77. The third kappa shape index (κ3) is 1.82. The van der Waals surface area contributed by atoms with E-state index in [9.17, 15) is 9.90 Å². The van der Waals surface area contributed by atoms with Crippen LogP contribution in [-0.4, -0.2) is 15.6 Å². The maximum Gasteiger partial charge on any atom is 0.337 e. The minimum atomic E-state index is -0.859. The van der Waals surface area contributed by atoms with Gasteiger partial charge in [0.1, 0.15) is 0 Å². The van der Waals surface area contributed by atoms with E-state index in [0.29, 0.717) is 5.56 Å². The molecule has 0 amide bonds. The Morgan fingerprint density at radius 3 is 2.65 bits per heavy atom. The molecule has 0 saturated carbocycles. The molecule has 0 bridgehead atoms. The van der Waals surface area contributed by atoms with Crippen molar-refractivity contribution >= 4 is 16.9 Å². The molecule has 0 atom stereocenters. The monoisotopic (exact) mass is 231 g/mol. The predicted molar refractivity (Wildman–Crippen MR) is 68.7 cm³/mol. The fraction of sp³-hybridized carbons (Fsp3) is 0.357. The van der Waals surface area contributed by atoms with Crippen LogP contribution in [0.5, 0.6) is 0 Å². The van der Waals surface area contributed by atoms with E-state index in [0.717, 1.165) is 17.3 Å². The zero-order valence-electron chi connectivity index (χ0n) is 10.4. The number of benzene rings is 1. The van der Waals surface area contributed by atoms with Gasteiger partial charge in [-0.2, -0.15) is 0 Å². The van der Waals surface area contributed by atoms with Crippen LogP contribution in [-0.2, 0) is 6.42 Å². The Bertz CT molecular complexity index is 567. The molecule has 0 spiro atoms. The Kier molecular flexibility index (Phi) is 2.92. The molecule has 1 aromatic carbocycles. The van der Waals surface area contributed by atoms with Crippen LogP contribution >= 0.6 is 0 Å². The summed E-state index contributed by atoms with van der Waals surface area (Å²) in [6.45, 7) is 6.22. The fourth-order valence-corrected chi connectivity index (χ4v) is 2.25. The summed E-state index contributed by atoms with van der Waals surface area (Å²) in [5.74, 6) is -0.859. The number of aryl methyl sites for hydroxylation is 1. The number of carbonyl (C=O) groups is 1. The number of hydrogen-bond donors (Lipinski definition) is 1. The number of aromatic carboxylic acids is 1. The third-order valence-corrected chi connectivity index (χ3v) is 3.10. The maximum absolute atomic E-state index is 11.2. The second-order valence-corrected chi connectivity index (χ2v) is 4.52. The first-order chi connectivity index (χ1) is 8.06. The number of para-hydroxylation sites is 1. The van der Waals surface area contributed by atoms with Gasteiger partial charge in [-0.3, -0.25) is 0 Å². The van der Waals surface area contributed by atoms with Crippen molar-refractivity contribution in [2.45, 2.75) is 33.2 Å². The predicted octanol–water partition coefficient (Wildman–Crippen LogP) is 3.48. The van der Waals surface area contributed by atoms with Crippen molar-refractivity contribution in [2.24, 2.45) is 0 Å². The molecule has 1 aromatic heterocycles. The molecular formula is C14H17NO2. The summed E-state index contributed by atoms with van der Waals surface area (Å²) in [6, 6.07) is 6.14. The van der Waals surface area contributed by atoms with Gasteiger partial charge in [-0.15, -0.1) is 0 Å². The standard InChI is InChI=1S/C14H17NO2/c1-4-10-6-5-7-11-12(14(16)17)8-15(9(2)3)13(10)11/h5-9H,4H2,1-3H3,(H,16,17). The molecule has 1 heterocycles. The molecular weight excluding hydrogens is 214 g/mol. The smallest absolute Gasteiger partial charge is 0.337 e. The molecule has 0 radical (unpaired) electrons. The summed E-state index contributed by atoms with van der Waals surface area (Å²) in [5.41, 5.74) is 2.65. The number of aromatic nitrogens is 1. The van der Waals surface area contributed by atoms with Crippen LogP contribution in [0.1, 0.15) is 42.7 Å². The van der Waals surface area contributed by atoms with E-state index in [-0.39, 0.29) is 6.04 Å². The first-order valence-electron chi connectivity index (χ1n) is 5.92. The van der Waals surface area contributed by atoms with E-state index >= 15 is 0 Å². The van der Waals surface area contributed by atoms with Gasteiger partial charge in [-0.25, -0.2) is 4.79 Å². The summed E-state index contributed by atoms with van der Waals surface area (Å²) in [4.78, 5) is 11.2. The van der Waals surface area contributed by atoms with E-state index in [2.05, 4.69) is 31.4 Å². The van der Waals surface area contributed by atoms with Crippen LogP contribution in [0.15, 0.2) is 24.4 Å². The largest absolute Gasteiger partial charge is 0.478 e. The van der Waals surface area contributed by atoms with Crippen molar-refractivity contribution in [3.63, 3.8) is 0 Å². The quantitative estimate of drug-likeness (QED) is 0.878. The van der Waals surface area contributed by atoms with Gasteiger partial charge >= 0.3 is 5.97 Å². The summed E-state index contributed by atoms with van der Waals surface area (Å²) in [6.07, 6.45) is 2.66. The number of rotatable bonds is 3. The topological polar surface area (TPSA) is 42.2 Å². The van der Waals surface area contributed by atoms with Gasteiger partial charge in [-0.1, -0.05) is 25.1 Å². The Morgan fingerprint density at radius 1 is 1.41 bits per heavy atom. The average Bonchev–Trinajstić information content (AvgIpc) is 2.68. The second kappa shape index (κ2) is 4.24. The summed E-state index contributed by atoms with van der Waals surface area (Å²) in [5, 5.41) is 10.1. The van der Waals surface area contributed by atoms with Gasteiger partial charge in [0, 0.05) is 17.6 Å². The number of fused-ring (bicyclic) bond motifs is 1. The zero-order valence-corrected chi connectivity index (χ0v) is 10.4. The normalized spacial score (nSPS) is 11.3. The highest BCUT2D eigenvalue weighted by atomic mass is 16.4. The van der Waals surface area contributed by atoms with Crippen molar-refractivity contribution < 1.29 is 9.90 Å². The van der Waals surface area contributed by atoms with Crippen LogP contribution in [0.3, 0.4) is 0 Å². The molecule has 0 fully saturated rings. The molecule has 1 N–H and O–H groups in total. The minimum Gasteiger partial charge on any atom is -0.478 e. The van der Waals surface area contributed by atoms with Crippen molar-refractivity contribution in [1.29, 1.82) is 0 Å². The van der Waals surface area contributed by atoms with E-state index < -0.39 is 5.97 Å². The van der Waals surface area contributed by atoms with Crippen molar-refractivity contribution in [2.75, 3.05) is 0 Å². The number of carboxylic acid groups (broad SMARTS) is 1. The molecule has 0 aliphatic rings. The van der Waals surface area contributed by atoms with Gasteiger partial charge in [0.05, 0.1) is 11.1 Å². The van der Waals surface area contributed by atoms with Gasteiger partial charge in [-0.05, 0) is 25.8 Å². The van der Waals surface area contributed by atoms with E-state index in [1.807, 2.05) is 12.1 Å². The molecule has 0 unspecified atom stereocenters. The molecule has 2 aromatic rings. The minimum absolute atomic E-state index is 0.262. The van der Waals surface area contributed by atoms with Gasteiger partial charge < -0.3 is 9.67 Å². The zero-order chi connectivity index (χ0) is 12.6. The Balaban J connectivity index is 2.86.